The van der Waals surface area contributed by atoms with Gasteiger partial charge in [-0.15, -0.1) is 11.3 Å². The Bertz CT molecular complexity index is 1210. The highest BCUT2D eigenvalue weighted by Gasteiger charge is 2.49. The Morgan fingerprint density at radius 1 is 1.22 bits per heavy atom. The number of nitrogens with zero attached hydrogens (tertiary/aromatic N) is 2. The van der Waals surface area contributed by atoms with E-state index in [4.69, 9.17) is 0 Å². The van der Waals surface area contributed by atoms with Crippen LogP contribution in [0, 0.1) is 12.3 Å². The Balaban J connectivity index is 1.58. The summed E-state index contributed by atoms with van der Waals surface area (Å²) in [7, 11) is 0. The van der Waals surface area contributed by atoms with Crippen molar-refractivity contribution >= 4 is 34.8 Å². The van der Waals surface area contributed by atoms with Gasteiger partial charge >= 0.3 is 0 Å². The van der Waals surface area contributed by atoms with Gasteiger partial charge in [0.05, 0.1) is 17.6 Å². The lowest BCUT2D eigenvalue weighted by molar-refractivity contribution is -0.139. The Hall–Kier alpha value is -2.84. The molecule has 1 aromatic heterocycles. The molecular formula is C28H35N3O4S. The first kappa shape index (κ1) is 26.2. The van der Waals surface area contributed by atoms with Gasteiger partial charge in [0.1, 0.15) is 6.04 Å². The lowest BCUT2D eigenvalue weighted by atomic mass is 9.78. The molecule has 0 saturated carbocycles. The van der Waals surface area contributed by atoms with E-state index in [0.29, 0.717) is 18.6 Å². The maximum Gasteiger partial charge on any atom is 0.256 e. The smallest absolute Gasteiger partial charge is 0.256 e. The van der Waals surface area contributed by atoms with Crippen LogP contribution in [0.5, 0.6) is 0 Å². The van der Waals surface area contributed by atoms with Crippen molar-refractivity contribution in [2.24, 2.45) is 10.4 Å². The number of carbonyl (C=O) groups excluding carboxylic acids is 3. The Kier molecular flexibility index (Phi) is 6.96. The number of benzene rings is 1. The zero-order valence-corrected chi connectivity index (χ0v) is 22.6. The standard InChI is InChI=1S/C28H35N3O4S/c1-16-11-12-36-23(16)18-7-9-19(10-8-18)28(6)14-21(30-26(28)35)22-13-20(33)15-31(22)25(34)24(27(3,4)5)29-17(2)32/h7-12,20,22,24,33H,13-15H2,1-6H3,(H,29,32)/t20-,22-,24-,28+/m1/s1. The Morgan fingerprint density at radius 3 is 2.44 bits per heavy atom. The molecule has 1 fully saturated rings. The number of carbonyl (C=O) groups is 3. The molecule has 0 radical (unpaired) electrons. The molecule has 7 nitrogen and oxygen atoms in total. The van der Waals surface area contributed by atoms with E-state index in [2.05, 4.69) is 28.7 Å². The third kappa shape index (κ3) is 4.89. The second-order valence-corrected chi connectivity index (χ2v) is 12.2. The van der Waals surface area contributed by atoms with E-state index in [0.717, 1.165) is 11.1 Å². The van der Waals surface area contributed by atoms with E-state index in [1.54, 1.807) is 16.2 Å². The molecule has 8 heteroatoms. The van der Waals surface area contributed by atoms with Crippen molar-refractivity contribution in [3.63, 3.8) is 0 Å². The predicted octanol–water partition coefficient (Wildman–Crippen LogP) is 3.87. The lowest BCUT2D eigenvalue weighted by Crippen LogP contribution is -2.56. The van der Waals surface area contributed by atoms with Gasteiger partial charge in [-0.25, -0.2) is 4.99 Å². The summed E-state index contributed by atoms with van der Waals surface area (Å²) in [4.78, 5) is 45.9. The molecular weight excluding hydrogens is 474 g/mol. The van der Waals surface area contributed by atoms with Gasteiger partial charge in [0, 0.05) is 36.9 Å². The highest BCUT2D eigenvalue weighted by Crippen LogP contribution is 2.39. The van der Waals surface area contributed by atoms with Crippen LogP contribution in [-0.2, 0) is 19.8 Å². The first-order chi connectivity index (χ1) is 16.8. The molecule has 3 amide bonds. The summed E-state index contributed by atoms with van der Waals surface area (Å²) in [5.74, 6) is -0.791. The number of thiophene rings is 1. The van der Waals surface area contributed by atoms with Crippen molar-refractivity contribution in [2.75, 3.05) is 6.54 Å². The minimum absolute atomic E-state index is 0.147. The SMILES string of the molecule is CC(=O)N[C@H](C(=O)N1C[C@H](O)C[C@@H]1C1=NC(=O)[C@](C)(c2ccc(-c3sccc3C)cc2)C1)C(C)(C)C. The molecule has 4 atom stereocenters. The Labute approximate surface area is 216 Å². The van der Waals surface area contributed by atoms with Crippen LogP contribution in [0.25, 0.3) is 10.4 Å². The number of β-amino-alcohol motifs (C(OH)–C–C–N with tert-alkyl or cyclic N) is 1. The van der Waals surface area contributed by atoms with E-state index >= 15 is 0 Å². The Morgan fingerprint density at radius 2 is 1.89 bits per heavy atom. The largest absolute Gasteiger partial charge is 0.391 e. The third-order valence-corrected chi connectivity index (χ3v) is 8.37. The van der Waals surface area contributed by atoms with Gasteiger partial charge in [0.2, 0.25) is 11.8 Å². The fourth-order valence-corrected chi connectivity index (χ4v) is 6.13. The average Bonchev–Trinajstić information content (AvgIpc) is 3.48. The van der Waals surface area contributed by atoms with Crippen LogP contribution in [0.3, 0.4) is 0 Å². The monoisotopic (exact) mass is 509 g/mol. The van der Waals surface area contributed by atoms with Crippen LogP contribution in [-0.4, -0.2) is 58.2 Å². The summed E-state index contributed by atoms with van der Waals surface area (Å²) in [5.41, 5.74) is 2.47. The number of aliphatic hydroxyl groups excluding tert-OH is 1. The number of likely N-dealkylation sites (tertiary alicyclic amines) is 1. The van der Waals surface area contributed by atoms with Crippen molar-refractivity contribution in [3.05, 3.63) is 46.8 Å². The van der Waals surface area contributed by atoms with Crippen LogP contribution in [0.15, 0.2) is 40.7 Å². The number of amides is 3. The lowest BCUT2D eigenvalue weighted by Gasteiger charge is -2.35. The summed E-state index contributed by atoms with van der Waals surface area (Å²) in [6.45, 7) is 11.2. The molecule has 2 N–H and O–H groups in total. The summed E-state index contributed by atoms with van der Waals surface area (Å²) in [5, 5.41) is 15.3. The summed E-state index contributed by atoms with van der Waals surface area (Å²) in [6, 6.07) is 8.93. The summed E-state index contributed by atoms with van der Waals surface area (Å²) in [6.07, 6.45) is -0.0125. The highest BCUT2D eigenvalue weighted by molar-refractivity contribution is 7.13. The number of aliphatic hydroxyl groups is 1. The molecule has 3 heterocycles. The molecule has 0 bridgehead atoms. The summed E-state index contributed by atoms with van der Waals surface area (Å²) < 4.78 is 0. The van der Waals surface area contributed by atoms with E-state index < -0.39 is 29.0 Å². The van der Waals surface area contributed by atoms with Crippen molar-refractivity contribution < 1.29 is 19.5 Å². The first-order valence-electron chi connectivity index (χ1n) is 12.3. The summed E-state index contributed by atoms with van der Waals surface area (Å²) >= 11 is 1.69. The number of rotatable bonds is 5. The van der Waals surface area contributed by atoms with E-state index in [-0.39, 0.29) is 24.3 Å². The second-order valence-electron chi connectivity index (χ2n) is 11.3. The van der Waals surface area contributed by atoms with E-state index in [1.807, 2.05) is 52.0 Å². The molecule has 1 saturated heterocycles. The van der Waals surface area contributed by atoms with Gasteiger partial charge in [-0.1, -0.05) is 45.0 Å². The molecule has 0 unspecified atom stereocenters. The molecule has 0 spiro atoms. The van der Waals surface area contributed by atoms with Gasteiger partial charge in [-0.05, 0) is 47.4 Å². The maximum atomic E-state index is 13.6. The predicted molar refractivity (Wildman–Crippen MR) is 142 cm³/mol. The topological polar surface area (TPSA) is 99.1 Å². The third-order valence-electron chi connectivity index (χ3n) is 7.31. The van der Waals surface area contributed by atoms with Crippen molar-refractivity contribution in [3.8, 4) is 10.4 Å². The average molecular weight is 510 g/mol. The number of aliphatic imine (C=N–C) groups is 1. The molecule has 36 heavy (non-hydrogen) atoms. The maximum absolute atomic E-state index is 13.6. The molecule has 192 valence electrons. The number of hydrogen-bond donors (Lipinski definition) is 2. The fraction of sp³-hybridized carbons (Fsp3) is 0.500. The van der Waals surface area contributed by atoms with Gasteiger partial charge in [0.25, 0.3) is 5.91 Å². The van der Waals surface area contributed by atoms with Crippen LogP contribution in [0.2, 0.25) is 0 Å². The number of nitrogens with one attached hydrogen (secondary N) is 1. The van der Waals surface area contributed by atoms with Crippen LogP contribution in [0.4, 0.5) is 0 Å². The molecule has 0 aliphatic carbocycles. The van der Waals surface area contributed by atoms with Crippen LogP contribution in [0.1, 0.15) is 58.6 Å². The van der Waals surface area contributed by atoms with E-state index in [1.165, 1.54) is 17.4 Å². The molecule has 4 rings (SSSR count). The van der Waals surface area contributed by atoms with E-state index in [9.17, 15) is 19.5 Å². The van der Waals surface area contributed by atoms with Crippen molar-refractivity contribution in [1.29, 1.82) is 0 Å². The van der Waals surface area contributed by atoms with Gasteiger partial charge in [-0.3, -0.25) is 14.4 Å². The highest BCUT2D eigenvalue weighted by atomic mass is 32.1. The zero-order valence-electron chi connectivity index (χ0n) is 21.8. The second kappa shape index (κ2) is 9.56. The van der Waals surface area contributed by atoms with Crippen LogP contribution < -0.4 is 5.32 Å². The quantitative estimate of drug-likeness (QED) is 0.639. The zero-order chi connectivity index (χ0) is 26.4. The normalized spacial score (nSPS) is 25.1. The molecule has 2 aliphatic rings. The number of hydrogen-bond acceptors (Lipinski definition) is 5. The molecule has 2 aliphatic heterocycles. The first-order valence-corrected chi connectivity index (χ1v) is 13.2. The van der Waals surface area contributed by atoms with Gasteiger partial charge in [0.15, 0.2) is 0 Å². The minimum atomic E-state index is -0.832. The number of aryl methyl sites for hydroxylation is 1. The van der Waals surface area contributed by atoms with Crippen molar-refractivity contribution in [1.82, 2.24) is 10.2 Å². The van der Waals surface area contributed by atoms with Crippen molar-refractivity contribution in [2.45, 2.75) is 78.0 Å². The fourth-order valence-electron chi connectivity index (χ4n) is 5.20. The minimum Gasteiger partial charge on any atom is -0.391 e. The van der Waals surface area contributed by atoms with Gasteiger partial charge in [-0.2, -0.15) is 0 Å². The molecule has 2 aromatic rings. The van der Waals surface area contributed by atoms with Gasteiger partial charge < -0.3 is 15.3 Å². The van der Waals surface area contributed by atoms with Crippen LogP contribution >= 0.6 is 11.3 Å². The molecule has 1 aromatic carbocycles.